The molecule has 0 atom stereocenters. The number of carbonyl (C=O) groups is 2. The number of hydrogen-bond acceptors (Lipinski definition) is 4. The number of aromatic nitrogens is 2. The van der Waals surface area contributed by atoms with E-state index in [0.29, 0.717) is 46.1 Å². The van der Waals surface area contributed by atoms with Crippen LogP contribution in [0.5, 0.6) is 0 Å². The summed E-state index contributed by atoms with van der Waals surface area (Å²) in [6.07, 6.45) is 1.28. The normalized spacial score (nSPS) is 13.6. The summed E-state index contributed by atoms with van der Waals surface area (Å²) in [5, 5.41) is 10.7. The standard InChI is InChI=1S/C22H17N3O4/c26-10-2-3-12-6-8-16-19-14(12)4-1-5-15(19)20(27)25(21(16)28)13-7-9-17-18(11-13)24-22(29)23-17/h1,4-9,11,26H,2-3,10H2,(H2,23,24,29). The minimum Gasteiger partial charge on any atom is -0.396 e. The topological polar surface area (TPSA) is 106 Å². The van der Waals surface area contributed by atoms with Crippen molar-refractivity contribution >= 4 is 39.3 Å². The molecule has 0 saturated carbocycles. The van der Waals surface area contributed by atoms with Gasteiger partial charge in [-0.1, -0.05) is 18.2 Å². The van der Waals surface area contributed by atoms with Crippen molar-refractivity contribution in [3.63, 3.8) is 0 Å². The van der Waals surface area contributed by atoms with Crippen LogP contribution in [0.25, 0.3) is 21.8 Å². The van der Waals surface area contributed by atoms with Gasteiger partial charge in [-0.15, -0.1) is 0 Å². The molecule has 2 heterocycles. The average molecular weight is 387 g/mol. The van der Waals surface area contributed by atoms with Gasteiger partial charge in [0.25, 0.3) is 11.8 Å². The quantitative estimate of drug-likeness (QED) is 0.468. The molecule has 2 amide bonds. The highest BCUT2D eigenvalue weighted by atomic mass is 16.3. The summed E-state index contributed by atoms with van der Waals surface area (Å²) in [4.78, 5) is 44.5. The minimum absolute atomic E-state index is 0.0816. The Balaban J connectivity index is 1.68. The lowest BCUT2D eigenvalue weighted by atomic mass is 9.90. The van der Waals surface area contributed by atoms with Gasteiger partial charge in [0.15, 0.2) is 0 Å². The Morgan fingerprint density at radius 3 is 2.41 bits per heavy atom. The number of hydrogen-bond donors (Lipinski definition) is 3. The number of aliphatic hydroxyl groups is 1. The number of benzene rings is 3. The number of nitrogens with zero attached hydrogens (tertiary/aromatic N) is 1. The maximum atomic E-state index is 13.3. The number of carbonyl (C=O) groups excluding carboxylic acids is 2. The monoisotopic (exact) mass is 387 g/mol. The molecule has 7 heteroatoms. The van der Waals surface area contributed by atoms with Gasteiger partial charge >= 0.3 is 5.69 Å². The molecule has 0 unspecified atom stereocenters. The third-order valence-electron chi connectivity index (χ3n) is 5.36. The molecule has 7 nitrogen and oxygen atoms in total. The van der Waals surface area contributed by atoms with E-state index in [1.165, 1.54) is 0 Å². The molecule has 0 saturated heterocycles. The number of aryl methyl sites for hydroxylation is 1. The van der Waals surface area contributed by atoms with Gasteiger partial charge in [0.1, 0.15) is 0 Å². The molecule has 0 fully saturated rings. The van der Waals surface area contributed by atoms with E-state index >= 15 is 0 Å². The summed E-state index contributed by atoms with van der Waals surface area (Å²) < 4.78 is 0. The Labute approximate surface area is 164 Å². The predicted octanol–water partition coefficient (Wildman–Crippen LogP) is 2.73. The predicted molar refractivity (Wildman–Crippen MR) is 109 cm³/mol. The van der Waals surface area contributed by atoms with Crippen LogP contribution in [0.4, 0.5) is 5.69 Å². The maximum absolute atomic E-state index is 13.3. The second-order valence-corrected chi connectivity index (χ2v) is 7.08. The first kappa shape index (κ1) is 17.4. The Bertz CT molecular complexity index is 1340. The highest BCUT2D eigenvalue weighted by molar-refractivity contribution is 6.36. The molecule has 0 bridgehead atoms. The highest BCUT2D eigenvalue weighted by Gasteiger charge is 2.34. The molecule has 144 valence electrons. The zero-order valence-corrected chi connectivity index (χ0v) is 15.4. The van der Waals surface area contributed by atoms with E-state index < -0.39 is 11.8 Å². The molecular formula is C22H17N3O4. The number of aromatic amines is 2. The number of H-pyrrole nitrogens is 2. The zero-order chi connectivity index (χ0) is 20.1. The summed E-state index contributed by atoms with van der Waals surface area (Å²) in [7, 11) is 0. The summed E-state index contributed by atoms with van der Waals surface area (Å²) in [5.41, 5.74) is 3.10. The second kappa shape index (κ2) is 6.42. The van der Waals surface area contributed by atoms with Gasteiger partial charge in [0, 0.05) is 23.1 Å². The lowest BCUT2D eigenvalue weighted by Gasteiger charge is -2.28. The molecule has 0 aliphatic carbocycles. The van der Waals surface area contributed by atoms with E-state index in [1.54, 1.807) is 30.3 Å². The second-order valence-electron chi connectivity index (χ2n) is 7.08. The van der Waals surface area contributed by atoms with Crippen LogP contribution >= 0.6 is 0 Å². The van der Waals surface area contributed by atoms with Crippen LogP contribution in [-0.4, -0.2) is 33.5 Å². The van der Waals surface area contributed by atoms with Gasteiger partial charge in [0.05, 0.1) is 16.7 Å². The Morgan fingerprint density at radius 2 is 1.62 bits per heavy atom. The van der Waals surface area contributed by atoms with Crippen LogP contribution in [0.2, 0.25) is 0 Å². The number of nitrogens with one attached hydrogen (secondary N) is 2. The van der Waals surface area contributed by atoms with Crippen LogP contribution < -0.4 is 10.6 Å². The van der Waals surface area contributed by atoms with Gasteiger partial charge < -0.3 is 15.1 Å². The SMILES string of the molecule is O=C1c2cccc3c(CCCO)ccc(c23)C(=O)N1c1ccc2[nH]c(=O)[nH]c2c1. The van der Waals surface area contributed by atoms with Gasteiger partial charge in [-0.05, 0) is 54.1 Å². The molecule has 3 aromatic carbocycles. The molecule has 1 aliphatic rings. The third-order valence-corrected chi connectivity index (χ3v) is 5.36. The number of rotatable bonds is 4. The zero-order valence-electron chi connectivity index (χ0n) is 15.4. The van der Waals surface area contributed by atoms with Gasteiger partial charge in [0.2, 0.25) is 0 Å². The Kier molecular flexibility index (Phi) is 3.85. The van der Waals surface area contributed by atoms with Crippen LogP contribution in [0.3, 0.4) is 0 Å². The highest BCUT2D eigenvalue weighted by Crippen LogP contribution is 2.35. The average Bonchev–Trinajstić information content (AvgIpc) is 3.10. The fourth-order valence-corrected chi connectivity index (χ4v) is 4.04. The van der Waals surface area contributed by atoms with Crippen LogP contribution in [-0.2, 0) is 6.42 Å². The van der Waals surface area contributed by atoms with Crippen LogP contribution in [0.15, 0.2) is 53.3 Å². The van der Waals surface area contributed by atoms with E-state index in [0.717, 1.165) is 15.8 Å². The molecule has 0 spiro atoms. The van der Waals surface area contributed by atoms with Crippen molar-refractivity contribution in [2.24, 2.45) is 0 Å². The maximum Gasteiger partial charge on any atom is 0.323 e. The third kappa shape index (κ3) is 2.59. The molecule has 5 rings (SSSR count). The minimum atomic E-state index is -0.398. The van der Waals surface area contributed by atoms with Crippen molar-refractivity contribution in [3.8, 4) is 0 Å². The molecule has 29 heavy (non-hydrogen) atoms. The van der Waals surface area contributed by atoms with Gasteiger partial charge in [-0.3, -0.25) is 9.59 Å². The Morgan fingerprint density at radius 1 is 0.862 bits per heavy atom. The van der Waals surface area contributed by atoms with Gasteiger partial charge in [-0.2, -0.15) is 0 Å². The molecular weight excluding hydrogens is 370 g/mol. The summed E-state index contributed by atoms with van der Waals surface area (Å²) >= 11 is 0. The van der Waals surface area contributed by atoms with Crippen molar-refractivity contribution in [3.05, 3.63) is 75.7 Å². The number of amides is 2. The lowest BCUT2D eigenvalue weighted by molar-refractivity contribution is 0.0893. The number of anilines is 1. The number of fused-ring (bicyclic) bond motifs is 1. The summed E-state index contributed by atoms with van der Waals surface area (Å²) in [5.74, 6) is -0.797. The molecule has 4 aromatic rings. The molecule has 3 N–H and O–H groups in total. The van der Waals surface area contributed by atoms with Gasteiger partial charge in [-0.25, -0.2) is 9.69 Å². The largest absolute Gasteiger partial charge is 0.396 e. The fraction of sp³-hybridized carbons (Fsp3) is 0.136. The number of imidazole rings is 1. The fourth-order valence-electron chi connectivity index (χ4n) is 4.04. The van der Waals surface area contributed by atoms with Crippen LogP contribution in [0, 0.1) is 0 Å². The first-order valence-corrected chi connectivity index (χ1v) is 9.35. The van der Waals surface area contributed by atoms with E-state index in [1.807, 2.05) is 18.2 Å². The molecule has 1 aliphatic heterocycles. The summed E-state index contributed by atoms with van der Waals surface area (Å²) in [6.45, 7) is 0.0816. The van der Waals surface area contributed by atoms with Crippen molar-refractivity contribution in [1.29, 1.82) is 0 Å². The van der Waals surface area contributed by atoms with E-state index in [2.05, 4.69) is 9.97 Å². The van der Waals surface area contributed by atoms with E-state index in [4.69, 9.17) is 5.11 Å². The smallest absolute Gasteiger partial charge is 0.323 e. The first-order chi connectivity index (χ1) is 14.1. The first-order valence-electron chi connectivity index (χ1n) is 9.35. The molecule has 0 radical (unpaired) electrons. The van der Waals surface area contributed by atoms with Crippen molar-refractivity contribution in [2.45, 2.75) is 12.8 Å². The lowest BCUT2D eigenvalue weighted by Crippen LogP contribution is -2.40. The molecule has 1 aromatic heterocycles. The Hall–Kier alpha value is -3.71. The van der Waals surface area contributed by atoms with Crippen molar-refractivity contribution in [1.82, 2.24) is 9.97 Å². The van der Waals surface area contributed by atoms with E-state index in [9.17, 15) is 14.4 Å². The van der Waals surface area contributed by atoms with E-state index in [-0.39, 0.29) is 12.3 Å². The van der Waals surface area contributed by atoms with Crippen LogP contribution in [0.1, 0.15) is 32.7 Å². The van der Waals surface area contributed by atoms with Crippen molar-refractivity contribution < 1.29 is 14.7 Å². The van der Waals surface area contributed by atoms with Crippen molar-refractivity contribution in [2.75, 3.05) is 11.5 Å². The number of aliphatic hydroxyl groups excluding tert-OH is 1. The number of imide groups is 1. The summed E-state index contributed by atoms with van der Waals surface area (Å²) in [6, 6.07) is 14.0.